The highest BCUT2D eigenvalue weighted by molar-refractivity contribution is 5.41. The van der Waals surface area contributed by atoms with Gasteiger partial charge in [-0.15, -0.1) is 0 Å². The van der Waals surface area contributed by atoms with Gasteiger partial charge >= 0.3 is 0 Å². The molecule has 1 aliphatic carbocycles. The van der Waals surface area contributed by atoms with Gasteiger partial charge in [-0.1, -0.05) is 12.5 Å². The zero-order chi connectivity index (χ0) is 14.4. The number of rotatable bonds is 7. The van der Waals surface area contributed by atoms with E-state index in [1.165, 1.54) is 12.8 Å². The van der Waals surface area contributed by atoms with Gasteiger partial charge in [0.05, 0.1) is 6.61 Å². The lowest BCUT2D eigenvalue weighted by Crippen LogP contribution is -2.26. The van der Waals surface area contributed by atoms with Crippen LogP contribution < -0.4 is 10.1 Å². The Bertz CT molecular complexity index is 422. The molecule has 0 saturated heterocycles. The molecule has 2 rings (SSSR count). The van der Waals surface area contributed by atoms with Crippen LogP contribution in [0.25, 0.3) is 0 Å². The van der Waals surface area contributed by atoms with Crippen molar-refractivity contribution in [2.75, 3.05) is 19.8 Å². The lowest BCUT2D eigenvalue weighted by atomic mass is 9.97. The molecule has 0 aromatic heterocycles. The summed E-state index contributed by atoms with van der Waals surface area (Å²) in [5.74, 6) is 1.78. The van der Waals surface area contributed by atoms with E-state index in [2.05, 4.69) is 5.32 Å². The summed E-state index contributed by atoms with van der Waals surface area (Å²) in [5.41, 5.74) is 1.10. The number of hydrogen-bond donors (Lipinski definition) is 3. The molecule has 1 aliphatic rings. The van der Waals surface area contributed by atoms with Crippen molar-refractivity contribution in [3.8, 4) is 11.5 Å². The summed E-state index contributed by atoms with van der Waals surface area (Å²) in [7, 11) is 0. The minimum atomic E-state index is 0.187. The Morgan fingerprint density at radius 3 is 2.85 bits per heavy atom. The SMILES string of the molecule is CCOc1cc(CNCC2CCCC2CO)ccc1O. The van der Waals surface area contributed by atoms with Gasteiger partial charge in [0.25, 0.3) is 0 Å². The Kier molecular flexibility index (Phi) is 5.68. The van der Waals surface area contributed by atoms with E-state index in [-0.39, 0.29) is 5.75 Å². The van der Waals surface area contributed by atoms with E-state index >= 15 is 0 Å². The van der Waals surface area contributed by atoms with Gasteiger partial charge in [-0.3, -0.25) is 0 Å². The van der Waals surface area contributed by atoms with Crippen LogP contribution in [0.5, 0.6) is 11.5 Å². The summed E-state index contributed by atoms with van der Waals surface area (Å²) < 4.78 is 5.38. The molecule has 2 atom stereocenters. The third-order valence-corrected chi connectivity index (χ3v) is 4.11. The summed E-state index contributed by atoms with van der Waals surface area (Å²) in [6.07, 6.45) is 3.58. The van der Waals surface area contributed by atoms with Gasteiger partial charge in [0.15, 0.2) is 11.5 Å². The molecule has 4 heteroatoms. The van der Waals surface area contributed by atoms with E-state index in [9.17, 15) is 10.2 Å². The number of phenols is 1. The highest BCUT2D eigenvalue weighted by Gasteiger charge is 2.25. The molecular weight excluding hydrogens is 254 g/mol. The van der Waals surface area contributed by atoms with Gasteiger partial charge in [0.1, 0.15) is 0 Å². The summed E-state index contributed by atoms with van der Waals surface area (Å²) in [6.45, 7) is 4.45. The normalized spacial score (nSPS) is 22.1. The summed E-state index contributed by atoms with van der Waals surface area (Å²) in [4.78, 5) is 0. The number of aliphatic hydroxyl groups excluding tert-OH is 1. The van der Waals surface area contributed by atoms with Gasteiger partial charge in [-0.2, -0.15) is 0 Å². The number of nitrogens with one attached hydrogen (secondary N) is 1. The van der Waals surface area contributed by atoms with Crippen molar-refractivity contribution < 1.29 is 14.9 Å². The average Bonchev–Trinajstić information content (AvgIpc) is 2.90. The van der Waals surface area contributed by atoms with Crippen LogP contribution in [-0.4, -0.2) is 30.0 Å². The minimum absolute atomic E-state index is 0.187. The largest absolute Gasteiger partial charge is 0.504 e. The Hall–Kier alpha value is -1.26. The van der Waals surface area contributed by atoms with E-state index in [1.807, 2.05) is 19.1 Å². The number of hydrogen-bond acceptors (Lipinski definition) is 4. The van der Waals surface area contributed by atoms with Crippen LogP contribution in [-0.2, 0) is 6.54 Å². The highest BCUT2D eigenvalue weighted by atomic mass is 16.5. The maximum atomic E-state index is 9.66. The molecule has 0 amide bonds. The maximum Gasteiger partial charge on any atom is 0.161 e. The topological polar surface area (TPSA) is 61.7 Å². The third-order valence-electron chi connectivity index (χ3n) is 4.11. The monoisotopic (exact) mass is 279 g/mol. The summed E-state index contributed by atoms with van der Waals surface area (Å²) in [6, 6.07) is 5.46. The van der Waals surface area contributed by atoms with Gasteiger partial charge in [0.2, 0.25) is 0 Å². The van der Waals surface area contributed by atoms with Crippen LogP contribution in [0, 0.1) is 11.8 Å². The summed E-state index contributed by atoms with van der Waals surface area (Å²) in [5, 5.41) is 22.4. The van der Waals surface area contributed by atoms with Crippen LogP contribution in [0.2, 0.25) is 0 Å². The van der Waals surface area contributed by atoms with Crippen molar-refractivity contribution in [1.82, 2.24) is 5.32 Å². The summed E-state index contributed by atoms with van der Waals surface area (Å²) >= 11 is 0. The molecule has 0 heterocycles. The molecule has 3 N–H and O–H groups in total. The first-order valence-corrected chi connectivity index (χ1v) is 7.50. The van der Waals surface area contributed by atoms with E-state index in [0.717, 1.165) is 25.1 Å². The molecule has 1 aromatic carbocycles. The van der Waals surface area contributed by atoms with Crippen LogP contribution in [0.4, 0.5) is 0 Å². The molecule has 1 saturated carbocycles. The Morgan fingerprint density at radius 1 is 1.30 bits per heavy atom. The fourth-order valence-corrected chi connectivity index (χ4v) is 2.96. The highest BCUT2D eigenvalue weighted by Crippen LogP contribution is 2.31. The predicted molar refractivity (Wildman–Crippen MR) is 78.9 cm³/mol. The van der Waals surface area contributed by atoms with Crippen LogP contribution in [0.1, 0.15) is 31.7 Å². The standard InChI is InChI=1S/C16H25NO3/c1-2-20-16-8-12(6-7-15(16)19)9-17-10-13-4-3-5-14(13)11-18/h6-8,13-14,17-19H,2-5,9-11H2,1H3. The number of ether oxygens (including phenoxy) is 1. The molecule has 20 heavy (non-hydrogen) atoms. The molecule has 0 radical (unpaired) electrons. The second kappa shape index (κ2) is 7.50. The zero-order valence-electron chi connectivity index (χ0n) is 12.1. The molecule has 1 fully saturated rings. The lowest BCUT2D eigenvalue weighted by molar-refractivity contribution is 0.192. The number of aromatic hydroxyl groups is 1. The van der Waals surface area contributed by atoms with Crippen LogP contribution in [0.3, 0.4) is 0 Å². The number of phenolic OH excluding ortho intramolecular Hbond substituents is 1. The zero-order valence-corrected chi connectivity index (χ0v) is 12.1. The van der Waals surface area contributed by atoms with Crippen molar-refractivity contribution in [2.45, 2.75) is 32.7 Å². The molecule has 2 unspecified atom stereocenters. The fourth-order valence-electron chi connectivity index (χ4n) is 2.96. The van der Waals surface area contributed by atoms with E-state index in [0.29, 0.717) is 30.8 Å². The van der Waals surface area contributed by atoms with Crippen LogP contribution in [0.15, 0.2) is 18.2 Å². The van der Waals surface area contributed by atoms with Crippen molar-refractivity contribution in [3.05, 3.63) is 23.8 Å². The molecule has 0 spiro atoms. The lowest BCUT2D eigenvalue weighted by Gasteiger charge is -2.18. The van der Waals surface area contributed by atoms with Gasteiger partial charge in [0, 0.05) is 13.2 Å². The Labute approximate surface area is 120 Å². The second-order valence-corrected chi connectivity index (χ2v) is 5.50. The van der Waals surface area contributed by atoms with Crippen molar-refractivity contribution in [2.24, 2.45) is 11.8 Å². The first-order valence-electron chi connectivity index (χ1n) is 7.50. The minimum Gasteiger partial charge on any atom is -0.504 e. The smallest absolute Gasteiger partial charge is 0.161 e. The second-order valence-electron chi connectivity index (χ2n) is 5.50. The third kappa shape index (κ3) is 3.87. The average molecular weight is 279 g/mol. The Morgan fingerprint density at radius 2 is 2.10 bits per heavy atom. The molecule has 0 aliphatic heterocycles. The quantitative estimate of drug-likeness (QED) is 0.716. The van der Waals surface area contributed by atoms with Crippen molar-refractivity contribution in [3.63, 3.8) is 0 Å². The van der Waals surface area contributed by atoms with Crippen LogP contribution >= 0.6 is 0 Å². The van der Waals surface area contributed by atoms with Crippen molar-refractivity contribution >= 4 is 0 Å². The number of benzene rings is 1. The molecule has 112 valence electrons. The van der Waals surface area contributed by atoms with E-state index in [4.69, 9.17) is 4.74 Å². The maximum absolute atomic E-state index is 9.66. The first kappa shape index (κ1) is 15.1. The number of aliphatic hydroxyl groups is 1. The Balaban J connectivity index is 1.83. The first-order chi connectivity index (χ1) is 9.74. The molecule has 4 nitrogen and oxygen atoms in total. The van der Waals surface area contributed by atoms with Gasteiger partial charge < -0.3 is 20.3 Å². The predicted octanol–water partition coefficient (Wildman–Crippen LogP) is 2.29. The van der Waals surface area contributed by atoms with Crippen molar-refractivity contribution in [1.29, 1.82) is 0 Å². The molecule has 1 aromatic rings. The van der Waals surface area contributed by atoms with Gasteiger partial charge in [-0.25, -0.2) is 0 Å². The fraction of sp³-hybridized carbons (Fsp3) is 0.625. The molecular formula is C16H25NO3. The van der Waals surface area contributed by atoms with E-state index in [1.54, 1.807) is 6.07 Å². The van der Waals surface area contributed by atoms with E-state index < -0.39 is 0 Å². The van der Waals surface area contributed by atoms with Gasteiger partial charge in [-0.05, 0) is 55.8 Å². The molecule has 0 bridgehead atoms.